The molecule has 0 spiro atoms. The molecule has 0 bridgehead atoms. The Balaban J connectivity index is 1.62. The average molecular weight is 569 g/mol. The largest absolute Gasteiger partial charge is 0.508 e. The fraction of sp³-hybridized carbons (Fsp3) is 0.235. The summed E-state index contributed by atoms with van der Waals surface area (Å²) in [4.78, 5) is 26.4. The number of aromatic hydroxyl groups is 2. The molecule has 42 heavy (non-hydrogen) atoms. The maximum Gasteiger partial charge on any atom is 0.251 e. The second kappa shape index (κ2) is 13.8. The lowest BCUT2D eigenvalue weighted by Gasteiger charge is -2.33. The number of benzene rings is 4. The van der Waals surface area contributed by atoms with E-state index in [9.17, 15) is 30.0 Å². The maximum atomic E-state index is 13.2. The van der Waals surface area contributed by atoms with Crippen molar-refractivity contribution >= 4 is 11.8 Å². The Kier molecular flexibility index (Phi) is 9.96. The topological polar surface area (TPSA) is 139 Å². The Morgan fingerprint density at radius 1 is 0.595 bits per heavy atom. The van der Waals surface area contributed by atoms with Crippen LogP contribution in [0.15, 0.2) is 97.1 Å². The first kappa shape index (κ1) is 30.3. The van der Waals surface area contributed by atoms with E-state index in [4.69, 9.17) is 0 Å². The molecule has 0 fully saturated rings. The Morgan fingerprint density at radius 2 is 0.952 bits per heavy atom. The predicted octanol–water partition coefficient (Wildman–Crippen LogP) is 3.82. The molecule has 0 radical (unpaired) electrons. The molecule has 0 aliphatic carbocycles. The van der Waals surface area contributed by atoms with Crippen molar-refractivity contribution in [3.05, 3.63) is 130 Å². The van der Waals surface area contributed by atoms with Crippen molar-refractivity contribution in [3.8, 4) is 11.5 Å². The number of carbonyl (C=O) groups excluding carboxylic acids is 2. The lowest BCUT2D eigenvalue weighted by Crippen LogP contribution is -2.57. The van der Waals surface area contributed by atoms with Crippen molar-refractivity contribution in [2.75, 3.05) is 0 Å². The molecule has 0 aromatic heterocycles. The van der Waals surface area contributed by atoms with Crippen LogP contribution in [-0.2, 0) is 12.8 Å². The van der Waals surface area contributed by atoms with E-state index in [1.807, 2.05) is 60.7 Å². The Morgan fingerprint density at radius 3 is 1.29 bits per heavy atom. The highest BCUT2D eigenvalue weighted by Crippen LogP contribution is 2.21. The van der Waals surface area contributed by atoms with Crippen molar-refractivity contribution in [3.63, 3.8) is 0 Å². The summed E-state index contributed by atoms with van der Waals surface area (Å²) in [6.45, 7) is 3.43. The fourth-order valence-corrected chi connectivity index (χ4v) is 4.73. The highest BCUT2D eigenvalue weighted by Gasteiger charge is 2.35. The number of phenols is 2. The lowest BCUT2D eigenvalue weighted by molar-refractivity contribution is -0.0219. The van der Waals surface area contributed by atoms with Gasteiger partial charge in [-0.05, 0) is 73.2 Å². The van der Waals surface area contributed by atoms with Gasteiger partial charge in [0.25, 0.3) is 11.8 Å². The minimum absolute atomic E-state index is 0.0318. The van der Waals surface area contributed by atoms with Crippen LogP contribution in [0.3, 0.4) is 0 Å². The summed E-state index contributed by atoms with van der Waals surface area (Å²) in [6.07, 6.45) is -2.59. The minimum Gasteiger partial charge on any atom is -0.508 e. The van der Waals surface area contributed by atoms with Crippen LogP contribution in [0.25, 0.3) is 0 Å². The van der Waals surface area contributed by atoms with E-state index in [-0.39, 0.29) is 35.5 Å². The highest BCUT2D eigenvalue weighted by molar-refractivity contribution is 5.95. The summed E-state index contributed by atoms with van der Waals surface area (Å²) < 4.78 is 0. The van der Waals surface area contributed by atoms with Gasteiger partial charge in [-0.25, -0.2) is 0 Å². The van der Waals surface area contributed by atoms with E-state index >= 15 is 0 Å². The van der Waals surface area contributed by atoms with Crippen molar-refractivity contribution in [2.24, 2.45) is 0 Å². The summed E-state index contributed by atoms with van der Waals surface area (Å²) in [5.74, 6) is -1.13. The number of hydrogen-bond acceptors (Lipinski definition) is 6. The molecule has 6 N–H and O–H groups in total. The molecule has 0 aliphatic rings. The molecule has 0 heterocycles. The zero-order valence-electron chi connectivity index (χ0n) is 23.6. The number of hydrogen-bond donors (Lipinski definition) is 6. The molecule has 4 unspecified atom stereocenters. The molecule has 0 saturated heterocycles. The van der Waals surface area contributed by atoms with Gasteiger partial charge in [-0.3, -0.25) is 9.59 Å². The summed E-state index contributed by atoms with van der Waals surface area (Å²) in [5, 5.41) is 48.9. The average Bonchev–Trinajstić information content (AvgIpc) is 2.99. The van der Waals surface area contributed by atoms with Gasteiger partial charge in [-0.1, -0.05) is 72.8 Å². The number of aliphatic hydroxyl groups excluding tert-OH is 2. The normalized spacial score (nSPS) is 13.9. The molecular formula is C34H36N2O6. The summed E-state index contributed by atoms with van der Waals surface area (Å²) in [6, 6.07) is 25.6. The number of aliphatic hydroxyl groups is 2. The highest BCUT2D eigenvalue weighted by atomic mass is 16.3. The Bertz CT molecular complexity index is 1390. The van der Waals surface area contributed by atoms with Gasteiger partial charge >= 0.3 is 0 Å². The molecule has 0 saturated carbocycles. The van der Waals surface area contributed by atoms with E-state index in [2.05, 4.69) is 10.6 Å². The molecule has 0 aliphatic heterocycles. The first-order valence-electron chi connectivity index (χ1n) is 13.8. The first-order chi connectivity index (χ1) is 20.1. The van der Waals surface area contributed by atoms with Gasteiger partial charge in [0, 0.05) is 11.1 Å². The number of aryl methyl sites for hydroxylation is 2. The number of nitrogens with one attached hydrogen (secondary N) is 2. The van der Waals surface area contributed by atoms with Crippen LogP contribution in [0.5, 0.6) is 11.5 Å². The molecule has 8 nitrogen and oxygen atoms in total. The van der Waals surface area contributed by atoms with Crippen LogP contribution in [0, 0.1) is 13.8 Å². The van der Waals surface area contributed by atoms with Gasteiger partial charge in [-0.15, -0.1) is 0 Å². The summed E-state index contributed by atoms with van der Waals surface area (Å²) in [5.41, 5.74) is 3.27. The molecule has 8 heteroatoms. The fourth-order valence-electron chi connectivity index (χ4n) is 4.73. The maximum absolute atomic E-state index is 13.2. The van der Waals surface area contributed by atoms with E-state index in [0.717, 1.165) is 11.1 Å². The van der Waals surface area contributed by atoms with E-state index in [1.165, 1.54) is 12.1 Å². The van der Waals surface area contributed by atoms with Crippen LogP contribution in [-0.4, -0.2) is 56.5 Å². The van der Waals surface area contributed by atoms with Crippen LogP contribution in [0.1, 0.15) is 43.0 Å². The van der Waals surface area contributed by atoms with E-state index < -0.39 is 36.1 Å². The number of carbonyl (C=O) groups is 2. The van der Waals surface area contributed by atoms with Crippen molar-refractivity contribution in [2.45, 2.75) is 51.0 Å². The number of amides is 2. The third kappa shape index (κ3) is 7.75. The van der Waals surface area contributed by atoms with Gasteiger partial charge in [0.05, 0.1) is 12.1 Å². The molecule has 218 valence electrons. The number of rotatable bonds is 11. The van der Waals surface area contributed by atoms with Crippen LogP contribution in [0.2, 0.25) is 0 Å². The zero-order chi connectivity index (χ0) is 30.2. The monoisotopic (exact) mass is 568 g/mol. The quantitative estimate of drug-likeness (QED) is 0.163. The third-order valence-corrected chi connectivity index (χ3v) is 7.35. The van der Waals surface area contributed by atoms with Gasteiger partial charge in [0.15, 0.2) is 0 Å². The van der Waals surface area contributed by atoms with Gasteiger partial charge in [-0.2, -0.15) is 0 Å². The van der Waals surface area contributed by atoms with Crippen molar-refractivity contribution in [1.82, 2.24) is 10.6 Å². The van der Waals surface area contributed by atoms with Crippen LogP contribution in [0.4, 0.5) is 0 Å². The van der Waals surface area contributed by atoms with Crippen molar-refractivity contribution < 1.29 is 30.0 Å². The Hall–Kier alpha value is -4.66. The molecule has 4 rings (SSSR count). The summed E-state index contributed by atoms with van der Waals surface area (Å²) in [7, 11) is 0. The van der Waals surface area contributed by atoms with E-state index in [0.29, 0.717) is 11.1 Å². The predicted molar refractivity (Wildman–Crippen MR) is 161 cm³/mol. The summed E-state index contributed by atoms with van der Waals surface area (Å²) >= 11 is 0. The van der Waals surface area contributed by atoms with Crippen LogP contribution >= 0.6 is 0 Å². The second-order valence-electron chi connectivity index (χ2n) is 10.5. The van der Waals surface area contributed by atoms with Crippen LogP contribution < -0.4 is 10.6 Å². The standard InChI is InChI=1S/C34H36N2O6/c1-21-13-15-25(19-29(21)37)33(41)35-27(17-23-9-5-3-6-10-23)31(39)32(40)28(18-24-11-7-4-8-12-24)36-34(42)26-16-14-22(2)30(38)20-26/h3-16,19-20,27-28,31-32,37-40H,17-18H2,1-2H3,(H,35,41)(H,36,42). The zero-order valence-corrected chi connectivity index (χ0v) is 23.6. The minimum atomic E-state index is -1.49. The third-order valence-electron chi connectivity index (χ3n) is 7.35. The Labute approximate surface area is 245 Å². The molecule has 4 aromatic rings. The first-order valence-corrected chi connectivity index (χ1v) is 13.8. The number of phenolic OH excluding ortho intramolecular Hbond substituents is 2. The lowest BCUT2D eigenvalue weighted by atomic mass is 9.90. The van der Waals surface area contributed by atoms with Crippen molar-refractivity contribution in [1.29, 1.82) is 0 Å². The second-order valence-corrected chi connectivity index (χ2v) is 10.5. The molecular weight excluding hydrogens is 532 g/mol. The van der Waals surface area contributed by atoms with Gasteiger partial charge in [0.2, 0.25) is 0 Å². The molecule has 4 atom stereocenters. The van der Waals surface area contributed by atoms with Gasteiger partial charge < -0.3 is 31.1 Å². The smallest absolute Gasteiger partial charge is 0.251 e. The SMILES string of the molecule is Cc1ccc(C(=O)NC(Cc2ccccc2)C(O)C(O)C(Cc2ccccc2)NC(=O)c2ccc(C)c(O)c2)cc1O. The van der Waals surface area contributed by atoms with E-state index in [1.54, 1.807) is 38.1 Å². The molecule has 4 aromatic carbocycles. The molecule has 2 amide bonds. The van der Waals surface area contributed by atoms with Gasteiger partial charge in [0.1, 0.15) is 23.7 Å².